The molecule has 0 saturated heterocycles. The third kappa shape index (κ3) is 3.75. The van der Waals surface area contributed by atoms with E-state index in [0.717, 1.165) is 0 Å². The fraction of sp³-hybridized carbons (Fsp3) is 0.267. The number of carbonyl (C=O) groups is 1. The molecule has 1 N–H and O–H groups in total. The highest BCUT2D eigenvalue weighted by atomic mass is 19.1. The second kappa shape index (κ2) is 6.30. The first-order valence-electron chi connectivity index (χ1n) is 6.36. The largest absolute Gasteiger partial charge is 0.481 e. The number of aliphatic carboxylic acids is 1. The molecular formula is C15H15FN2O3. The molecule has 0 amide bonds. The van der Waals surface area contributed by atoms with Crippen LogP contribution in [0.1, 0.15) is 23.0 Å². The zero-order valence-electron chi connectivity index (χ0n) is 11.7. The molecule has 0 saturated carbocycles. The number of hydrogen-bond donors (Lipinski definition) is 1. The molecule has 0 aliphatic carbocycles. The maximum atomic E-state index is 12.9. The van der Waals surface area contributed by atoms with Gasteiger partial charge in [-0.25, -0.2) is 9.37 Å². The van der Waals surface area contributed by atoms with E-state index < -0.39 is 11.9 Å². The normalized spacial score (nSPS) is 12.0. The van der Waals surface area contributed by atoms with E-state index in [1.165, 1.54) is 19.2 Å². The van der Waals surface area contributed by atoms with Crippen molar-refractivity contribution in [1.82, 2.24) is 9.97 Å². The molecule has 110 valence electrons. The van der Waals surface area contributed by atoms with Gasteiger partial charge in [0.05, 0.1) is 7.11 Å². The van der Waals surface area contributed by atoms with Gasteiger partial charge in [-0.1, -0.05) is 12.1 Å². The van der Waals surface area contributed by atoms with Crippen LogP contribution in [0.25, 0.3) is 0 Å². The molecule has 21 heavy (non-hydrogen) atoms. The number of methoxy groups -OCH3 is 1. The van der Waals surface area contributed by atoms with Crippen molar-refractivity contribution in [3.63, 3.8) is 0 Å². The quantitative estimate of drug-likeness (QED) is 0.915. The van der Waals surface area contributed by atoms with Crippen molar-refractivity contribution in [1.29, 1.82) is 0 Å². The second-order valence-electron chi connectivity index (χ2n) is 4.63. The summed E-state index contributed by atoms with van der Waals surface area (Å²) in [5, 5.41) is 9.40. The summed E-state index contributed by atoms with van der Waals surface area (Å²) in [6.45, 7) is 1.74. The van der Waals surface area contributed by atoms with Crippen LogP contribution in [-0.4, -0.2) is 28.2 Å². The van der Waals surface area contributed by atoms with Gasteiger partial charge in [0.25, 0.3) is 0 Å². The molecule has 0 spiro atoms. The summed E-state index contributed by atoms with van der Waals surface area (Å²) < 4.78 is 17.9. The number of ether oxygens (including phenoxy) is 1. The van der Waals surface area contributed by atoms with Crippen molar-refractivity contribution in [3.8, 4) is 5.88 Å². The Hall–Kier alpha value is -2.50. The lowest BCUT2D eigenvalue weighted by Crippen LogP contribution is -2.18. The Bertz CT molecular complexity index is 644. The number of halogens is 1. The predicted molar refractivity (Wildman–Crippen MR) is 73.8 cm³/mol. The molecule has 1 aromatic heterocycles. The zero-order chi connectivity index (χ0) is 15.4. The average molecular weight is 290 g/mol. The van der Waals surface area contributed by atoms with Gasteiger partial charge in [0.1, 0.15) is 17.6 Å². The highest BCUT2D eigenvalue weighted by molar-refractivity contribution is 5.75. The molecule has 2 rings (SSSR count). The Morgan fingerprint density at radius 3 is 2.57 bits per heavy atom. The van der Waals surface area contributed by atoms with Gasteiger partial charge in [-0.3, -0.25) is 4.79 Å². The number of rotatable bonds is 5. The number of benzene rings is 1. The fourth-order valence-electron chi connectivity index (χ4n) is 1.97. The van der Waals surface area contributed by atoms with Crippen molar-refractivity contribution in [2.45, 2.75) is 19.3 Å². The number of aromatic nitrogens is 2. The van der Waals surface area contributed by atoms with Gasteiger partial charge in [-0.05, 0) is 31.0 Å². The van der Waals surface area contributed by atoms with E-state index >= 15 is 0 Å². The molecule has 1 atom stereocenters. The minimum atomic E-state index is -1.04. The molecule has 0 fully saturated rings. The standard InChI is InChI=1S/C15H15FN2O3/c1-9-7-13(21-2)18-14(17-9)12(15(19)20)8-10-3-5-11(16)6-4-10/h3-7,12H,8H2,1-2H3,(H,19,20). The second-order valence-corrected chi connectivity index (χ2v) is 4.63. The average Bonchev–Trinajstić information content (AvgIpc) is 2.45. The van der Waals surface area contributed by atoms with Crippen molar-refractivity contribution < 1.29 is 19.0 Å². The van der Waals surface area contributed by atoms with Gasteiger partial charge >= 0.3 is 5.97 Å². The Balaban J connectivity index is 2.32. The first-order chi connectivity index (χ1) is 9.99. The number of hydrogen-bond acceptors (Lipinski definition) is 4. The van der Waals surface area contributed by atoms with E-state index in [1.54, 1.807) is 25.1 Å². The van der Waals surface area contributed by atoms with Crippen LogP contribution in [-0.2, 0) is 11.2 Å². The smallest absolute Gasteiger partial charge is 0.314 e. The fourth-order valence-corrected chi connectivity index (χ4v) is 1.97. The monoisotopic (exact) mass is 290 g/mol. The topological polar surface area (TPSA) is 72.3 Å². The Morgan fingerprint density at radius 1 is 1.33 bits per heavy atom. The maximum absolute atomic E-state index is 12.9. The maximum Gasteiger partial charge on any atom is 0.314 e. The summed E-state index contributed by atoms with van der Waals surface area (Å²) in [4.78, 5) is 19.8. The minimum absolute atomic E-state index is 0.183. The van der Waals surface area contributed by atoms with E-state index in [4.69, 9.17) is 4.74 Å². The highest BCUT2D eigenvalue weighted by Gasteiger charge is 2.24. The lowest BCUT2D eigenvalue weighted by atomic mass is 9.98. The van der Waals surface area contributed by atoms with Gasteiger partial charge in [0, 0.05) is 11.8 Å². The number of carboxylic acid groups (broad SMARTS) is 1. The molecule has 1 aromatic carbocycles. The molecular weight excluding hydrogens is 275 g/mol. The summed E-state index contributed by atoms with van der Waals surface area (Å²) in [5.74, 6) is -1.80. The van der Waals surface area contributed by atoms with E-state index in [-0.39, 0.29) is 18.1 Å². The third-order valence-electron chi connectivity index (χ3n) is 3.02. The van der Waals surface area contributed by atoms with Crippen LogP contribution in [0, 0.1) is 12.7 Å². The van der Waals surface area contributed by atoms with Crippen molar-refractivity contribution in [2.75, 3.05) is 7.11 Å². The van der Waals surface area contributed by atoms with Crippen LogP contribution in [0.5, 0.6) is 5.88 Å². The van der Waals surface area contributed by atoms with Crippen molar-refractivity contribution in [2.24, 2.45) is 0 Å². The molecule has 2 aromatic rings. The van der Waals surface area contributed by atoms with Gasteiger partial charge in [-0.15, -0.1) is 0 Å². The Morgan fingerprint density at radius 2 is 2.00 bits per heavy atom. The molecule has 5 nitrogen and oxygen atoms in total. The number of nitrogens with zero attached hydrogens (tertiary/aromatic N) is 2. The Kier molecular flexibility index (Phi) is 4.47. The van der Waals surface area contributed by atoms with E-state index in [1.807, 2.05) is 0 Å². The molecule has 0 bridgehead atoms. The molecule has 1 unspecified atom stereocenters. The zero-order valence-corrected chi connectivity index (χ0v) is 11.7. The van der Waals surface area contributed by atoms with Crippen LogP contribution in [0.4, 0.5) is 4.39 Å². The van der Waals surface area contributed by atoms with Crippen LogP contribution < -0.4 is 4.74 Å². The van der Waals surface area contributed by atoms with Crippen LogP contribution in [0.2, 0.25) is 0 Å². The first-order valence-corrected chi connectivity index (χ1v) is 6.36. The van der Waals surface area contributed by atoms with Gasteiger partial charge < -0.3 is 9.84 Å². The molecule has 0 radical (unpaired) electrons. The summed E-state index contributed by atoms with van der Waals surface area (Å²) in [7, 11) is 1.46. The Labute approximate surface area is 121 Å². The predicted octanol–water partition coefficient (Wildman–Crippen LogP) is 2.34. The summed E-state index contributed by atoms with van der Waals surface area (Å²) in [6.07, 6.45) is 0.183. The summed E-state index contributed by atoms with van der Waals surface area (Å²) >= 11 is 0. The van der Waals surface area contributed by atoms with E-state index in [9.17, 15) is 14.3 Å². The first kappa shape index (κ1) is 14.9. The van der Waals surface area contributed by atoms with Crippen LogP contribution in [0.3, 0.4) is 0 Å². The van der Waals surface area contributed by atoms with E-state index in [2.05, 4.69) is 9.97 Å². The molecule has 1 heterocycles. The lowest BCUT2D eigenvalue weighted by Gasteiger charge is -2.13. The molecule has 0 aliphatic rings. The third-order valence-corrected chi connectivity index (χ3v) is 3.02. The number of aryl methyl sites for hydroxylation is 1. The van der Waals surface area contributed by atoms with Gasteiger partial charge in [0.15, 0.2) is 0 Å². The minimum Gasteiger partial charge on any atom is -0.481 e. The molecule has 6 heteroatoms. The van der Waals surface area contributed by atoms with Crippen LogP contribution in [0.15, 0.2) is 30.3 Å². The van der Waals surface area contributed by atoms with Gasteiger partial charge in [-0.2, -0.15) is 4.98 Å². The SMILES string of the molecule is COc1cc(C)nc(C(Cc2ccc(F)cc2)C(=O)O)n1. The van der Waals surface area contributed by atoms with Crippen LogP contribution >= 0.6 is 0 Å². The van der Waals surface area contributed by atoms with Crippen molar-refractivity contribution in [3.05, 3.63) is 53.2 Å². The number of carboxylic acids is 1. The van der Waals surface area contributed by atoms with Crippen molar-refractivity contribution >= 4 is 5.97 Å². The lowest BCUT2D eigenvalue weighted by molar-refractivity contribution is -0.139. The van der Waals surface area contributed by atoms with E-state index in [0.29, 0.717) is 17.1 Å². The molecule has 0 aliphatic heterocycles. The highest BCUT2D eigenvalue weighted by Crippen LogP contribution is 2.21. The summed E-state index contributed by atoms with van der Waals surface area (Å²) in [5.41, 5.74) is 1.33. The van der Waals surface area contributed by atoms with Gasteiger partial charge in [0.2, 0.25) is 5.88 Å². The summed E-state index contributed by atoms with van der Waals surface area (Å²) in [6, 6.07) is 7.33.